The first-order valence-electron chi connectivity index (χ1n) is 6.28. The third kappa shape index (κ3) is 6.29. The second kappa shape index (κ2) is 7.30. The minimum absolute atomic E-state index is 0.114. The molecule has 0 saturated heterocycles. The molecule has 0 rings (SSSR count). The van der Waals surface area contributed by atoms with E-state index in [2.05, 4.69) is 19.0 Å². The lowest BCUT2D eigenvalue weighted by Gasteiger charge is -2.28. The quantitative estimate of drug-likeness (QED) is 0.419. The van der Waals surface area contributed by atoms with E-state index in [4.69, 9.17) is 4.84 Å². The molecule has 0 saturated carbocycles. The standard InChI is InChI=1S/C13H26N2O2/c1-9(2)8-12(7)14-17-13(16)15(10(3)4)11(5)6/h9-11H,8H2,1-7H3/b14-12+. The summed E-state index contributed by atoms with van der Waals surface area (Å²) in [5.41, 5.74) is 0.848. The van der Waals surface area contributed by atoms with Gasteiger partial charge in [-0.15, -0.1) is 0 Å². The highest BCUT2D eigenvalue weighted by Gasteiger charge is 2.21. The number of nitrogens with zero attached hydrogens (tertiary/aromatic N) is 2. The monoisotopic (exact) mass is 242 g/mol. The molecule has 0 fully saturated rings. The second-order valence-electron chi connectivity index (χ2n) is 5.38. The third-order valence-corrected chi connectivity index (χ3v) is 2.31. The molecule has 100 valence electrons. The molecule has 0 atom stereocenters. The zero-order valence-corrected chi connectivity index (χ0v) is 12.2. The van der Waals surface area contributed by atoms with Crippen LogP contribution in [-0.4, -0.2) is 28.8 Å². The normalized spacial score (nSPS) is 12.5. The summed E-state index contributed by atoms with van der Waals surface area (Å²) < 4.78 is 0. The second-order valence-corrected chi connectivity index (χ2v) is 5.38. The fraction of sp³-hybridized carbons (Fsp3) is 0.846. The average Bonchev–Trinajstić information content (AvgIpc) is 2.12. The minimum atomic E-state index is -0.377. The van der Waals surface area contributed by atoms with Crippen molar-refractivity contribution in [1.29, 1.82) is 0 Å². The van der Waals surface area contributed by atoms with Gasteiger partial charge >= 0.3 is 6.09 Å². The maximum absolute atomic E-state index is 11.8. The predicted octanol–water partition coefficient (Wildman–Crippen LogP) is 3.66. The van der Waals surface area contributed by atoms with Crippen LogP contribution in [0.4, 0.5) is 4.79 Å². The fourth-order valence-electron chi connectivity index (χ4n) is 1.81. The molecule has 4 heteroatoms. The Morgan fingerprint density at radius 2 is 1.59 bits per heavy atom. The van der Waals surface area contributed by atoms with Crippen LogP contribution in [0.15, 0.2) is 5.16 Å². The first-order chi connectivity index (χ1) is 7.75. The summed E-state index contributed by atoms with van der Waals surface area (Å²) in [4.78, 5) is 18.5. The Balaban J connectivity index is 4.42. The van der Waals surface area contributed by atoms with Crippen LogP contribution in [0.1, 0.15) is 54.9 Å². The van der Waals surface area contributed by atoms with E-state index in [9.17, 15) is 4.79 Å². The lowest BCUT2D eigenvalue weighted by atomic mass is 10.1. The number of hydrogen-bond donors (Lipinski definition) is 0. The number of amides is 1. The van der Waals surface area contributed by atoms with E-state index in [-0.39, 0.29) is 18.2 Å². The van der Waals surface area contributed by atoms with Gasteiger partial charge in [0, 0.05) is 12.1 Å². The topological polar surface area (TPSA) is 41.9 Å². The molecule has 0 aliphatic carbocycles. The molecule has 0 aromatic heterocycles. The van der Waals surface area contributed by atoms with Gasteiger partial charge < -0.3 is 4.90 Å². The molecule has 1 amide bonds. The fourth-order valence-corrected chi connectivity index (χ4v) is 1.81. The van der Waals surface area contributed by atoms with Crippen molar-refractivity contribution in [1.82, 2.24) is 4.90 Å². The van der Waals surface area contributed by atoms with E-state index in [1.54, 1.807) is 4.90 Å². The molecule has 0 heterocycles. The van der Waals surface area contributed by atoms with Gasteiger partial charge in [0.25, 0.3) is 0 Å². The summed E-state index contributed by atoms with van der Waals surface area (Å²) in [7, 11) is 0. The molecule has 0 N–H and O–H groups in total. The lowest BCUT2D eigenvalue weighted by molar-refractivity contribution is 0.0813. The van der Waals surface area contributed by atoms with E-state index in [1.165, 1.54) is 0 Å². The molecule has 0 aliphatic rings. The SMILES string of the molecule is C/C(CC(C)C)=N\OC(=O)N(C(C)C)C(C)C. The van der Waals surface area contributed by atoms with Gasteiger partial charge in [-0.2, -0.15) is 0 Å². The van der Waals surface area contributed by atoms with Crippen molar-refractivity contribution < 1.29 is 9.63 Å². The Morgan fingerprint density at radius 3 is 1.94 bits per heavy atom. The Bertz CT molecular complexity index is 263. The number of carbonyl (C=O) groups excluding carboxylic acids is 1. The Kier molecular flexibility index (Phi) is 6.85. The van der Waals surface area contributed by atoms with Crippen LogP contribution in [0.3, 0.4) is 0 Å². The van der Waals surface area contributed by atoms with E-state index >= 15 is 0 Å². The largest absolute Gasteiger partial charge is 0.436 e. The molecule has 0 unspecified atom stereocenters. The Labute approximate surface area is 105 Å². The van der Waals surface area contributed by atoms with Crippen LogP contribution in [0.2, 0.25) is 0 Å². The number of carbonyl (C=O) groups is 1. The Hall–Kier alpha value is -1.06. The van der Waals surface area contributed by atoms with Gasteiger partial charge in [0.2, 0.25) is 0 Å². The van der Waals surface area contributed by atoms with Crippen LogP contribution < -0.4 is 0 Å². The highest BCUT2D eigenvalue weighted by Crippen LogP contribution is 2.08. The van der Waals surface area contributed by atoms with Crippen molar-refractivity contribution in [3.63, 3.8) is 0 Å². The van der Waals surface area contributed by atoms with Crippen molar-refractivity contribution in [3.8, 4) is 0 Å². The summed E-state index contributed by atoms with van der Waals surface area (Å²) in [5.74, 6) is 0.517. The summed E-state index contributed by atoms with van der Waals surface area (Å²) >= 11 is 0. The van der Waals surface area contributed by atoms with Crippen molar-refractivity contribution in [3.05, 3.63) is 0 Å². The van der Waals surface area contributed by atoms with Crippen molar-refractivity contribution in [2.45, 2.75) is 67.0 Å². The minimum Gasteiger partial charge on any atom is -0.301 e. The summed E-state index contributed by atoms with van der Waals surface area (Å²) in [6.07, 6.45) is 0.467. The van der Waals surface area contributed by atoms with Gasteiger partial charge in [-0.25, -0.2) is 4.79 Å². The highest BCUT2D eigenvalue weighted by molar-refractivity contribution is 5.82. The van der Waals surface area contributed by atoms with Gasteiger partial charge in [-0.1, -0.05) is 19.0 Å². The molecule has 0 bridgehead atoms. The van der Waals surface area contributed by atoms with E-state index in [0.29, 0.717) is 5.92 Å². The molecule has 0 aliphatic heterocycles. The van der Waals surface area contributed by atoms with Crippen LogP contribution in [-0.2, 0) is 4.84 Å². The van der Waals surface area contributed by atoms with Gasteiger partial charge in [0.05, 0.1) is 5.71 Å². The van der Waals surface area contributed by atoms with Crippen LogP contribution in [0.25, 0.3) is 0 Å². The number of rotatable bonds is 5. The lowest BCUT2D eigenvalue weighted by Crippen LogP contribution is -2.41. The van der Waals surface area contributed by atoms with Crippen LogP contribution >= 0.6 is 0 Å². The molecule has 0 spiro atoms. The molecule has 0 radical (unpaired) electrons. The van der Waals surface area contributed by atoms with E-state index in [1.807, 2.05) is 34.6 Å². The summed E-state index contributed by atoms with van der Waals surface area (Å²) in [6.45, 7) is 13.9. The molecular formula is C13H26N2O2. The molecule has 4 nitrogen and oxygen atoms in total. The maximum Gasteiger partial charge on any atom is 0.436 e. The molecule has 0 aromatic carbocycles. The smallest absolute Gasteiger partial charge is 0.301 e. The number of hydrogen-bond acceptors (Lipinski definition) is 3. The summed E-state index contributed by atoms with van der Waals surface area (Å²) in [6, 6.07) is 0.228. The molecular weight excluding hydrogens is 216 g/mol. The Morgan fingerprint density at radius 1 is 1.12 bits per heavy atom. The first kappa shape index (κ1) is 15.9. The maximum atomic E-state index is 11.8. The van der Waals surface area contributed by atoms with Gasteiger partial charge in [0.1, 0.15) is 0 Å². The first-order valence-corrected chi connectivity index (χ1v) is 6.28. The molecule has 0 aromatic rings. The van der Waals surface area contributed by atoms with Crippen LogP contribution in [0.5, 0.6) is 0 Å². The molecule has 17 heavy (non-hydrogen) atoms. The summed E-state index contributed by atoms with van der Waals surface area (Å²) in [5, 5.41) is 3.88. The van der Waals surface area contributed by atoms with Gasteiger partial charge in [-0.3, -0.25) is 4.84 Å². The third-order valence-electron chi connectivity index (χ3n) is 2.31. The van der Waals surface area contributed by atoms with Crippen LogP contribution in [0, 0.1) is 5.92 Å². The predicted molar refractivity (Wildman–Crippen MR) is 71.2 cm³/mol. The van der Waals surface area contributed by atoms with E-state index < -0.39 is 0 Å². The zero-order valence-electron chi connectivity index (χ0n) is 12.2. The average molecular weight is 242 g/mol. The van der Waals surface area contributed by atoms with E-state index in [0.717, 1.165) is 12.1 Å². The zero-order chi connectivity index (χ0) is 13.6. The van der Waals surface area contributed by atoms with Crippen molar-refractivity contribution in [2.75, 3.05) is 0 Å². The van der Waals surface area contributed by atoms with Gasteiger partial charge in [0.15, 0.2) is 0 Å². The van der Waals surface area contributed by atoms with Crippen molar-refractivity contribution >= 4 is 11.8 Å². The number of oxime groups is 1. The van der Waals surface area contributed by atoms with Crippen molar-refractivity contribution in [2.24, 2.45) is 11.1 Å². The van der Waals surface area contributed by atoms with Gasteiger partial charge in [-0.05, 0) is 47.0 Å². The highest BCUT2D eigenvalue weighted by atomic mass is 16.7.